The van der Waals surface area contributed by atoms with Crippen LogP contribution < -0.4 is 0 Å². The maximum atomic E-state index is 11.4. The Balaban J connectivity index is 3.69. The molecule has 2 nitrogen and oxygen atoms in total. The lowest BCUT2D eigenvalue weighted by molar-refractivity contribution is -0.149. The molecule has 0 aromatic carbocycles. The van der Waals surface area contributed by atoms with Crippen LogP contribution in [0.25, 0.3) is 0 Å². The first-order valence-corrected chi connectivity index (χ1v) is 5.10. The van der Waals surface area contributed by atoms with Crippen molar-refractivity contribution in [2.24, 2.45) is 17.8 Å². The number of ether oxygens (including phenoxy) is 1. The summed E-state index contributed by atoms with van der Waals surface area (Å²) in [5.74, 6) is 0.970. The fourth-order valence-electron chi connectivity index (χ4n) is 1.19. The predicted octanol–water partition coefficient (Wildman–Crippen LogP) is 2.87. The standard InChI is InChI=1S/C11H22O2/c1-8(2)6-10(5)11(12)13-7-9(3)4/h8-10H,6-7H2,1-5H3. The van der Waals surface area contributed by atoms with Crippen LogP contribution in [0.1, 0.15) is 41.0 Å². The second-order valence-corrected chi connectivity index (χ2v) is 4.55. The van der Waals surface area contributed by atoms with E-state index in [0.29, 0.717) is 18.4 Å². The molecule has 0 N–H and O–H groups in total. The van der Waals surface area contributed by atoms with Crippen molar-refractivity contribution in [1.82, 2.24) is 0 Å². The molecule has 0 heterocycles. The number of carbonyl (C=O) groups excluding carboxylic acids is 1. The van der Waals surface area contributed by atoms with Gasteiger partial charge in [-0.1, -0.05) is 34.6 Å². The van der Waals surface area contributed by atoms with Crippen LogP contribution in [0.4, 0.5) is 0 Å². The molecular weight excluding hydrogens is 164 g/mol. The van der Waals surface area contributed by atoms with Crippen LogP contribution in [0.5, 0.6) is 0 Å². The highest BCUT2D eigenvalue weighted by Gasteiger charge is 2.15. The van der Waals surface area contributed by atoms with E-state index in [0.717, 1.165) is 6.42 Å². The number of esters is 1. The molecule has 0 aromatic rings. The summed E-state index contributed by atoms with van der Waals surface area (Å²) in [4.78, 5) is 11.4. The van der Waals surface area contributed by atoms with E-state index in [1.54, 1.807) is 0 Å². The van der Waals surface area contributed by atoms with E-state index >= 15 is 0 Å². The average Bonchev–Trinajstić information content (AvgIpc) is 1.98. The lowest BCUT2D eigenvalue weighted by Gasteiger charge is -2.14. The molecule has 78 valence electrons. The topological polar surface area (TPSA) is 26.3 Å². The maximum absolute atomic E-state index is 11.4. The summed E-state index contributed by atoms with van der Waals surface area (Å²) in [5.41, 5.74) is 0. The molecule has 2 heteroatoms. The third kappa shape index (κ3) is 6.62. The van der Waals surface area contributed by atoms with Crippen LogP contribution in [0, 0.1) is 17.8 Å². The Kier molecular flexibility index (Phi) is 5.76. The van der Waals surface area contributed by atoms with Gasteiger partial charge in [0.15, 0.2) is 0 Å². The normalized spacial score (nSPS) is 13.5. The number of rotatable bonds is 5. The summed E-state index contributed by atoms with van der Waals surface area (Å²) < 4.78 is 5.13. The second kappa shape index (κ2) is 6.01. The number of carbonyl (C=O) groups is 1. The van der Waals surface area contributed by atoms with Gasteiger partial charge in [0.25, 0.3) is 0 Å². The van der Waals surface area contributed by atoms with Crippen molar-refractivity contribution in [2.75, 3.05) is 6.61 Å². The zero-order valence-corrected chi connectivity index (χ0v) is 9.46. The number of hydrogen-bond donors (Lipinski definition) is 0. The highest BCUT2D eigenvalue weighted by molar-refractivity contribution is 5.71. The minimum Gasteiger partial charge on any atom is -0.465 e. The van der Waals surface area contributed by atoms with Crippen molar-refractivity contribution < 1.29 is 9.53 Å². The van der Waals surface area contributed by atoms with Crippen molar-refractivity contribution in [1.29, 1.82) is 0 Å². The van der Waals surface area contributed by atoms with Gasteiger partial charge in [-0.25, -0.2) is 0 Å². The molecule has 0 amide bonds. The lowest BCUT2D eigenvalue weighted by atomic mass is 9.99. The minimum absolute atomic E-state index is 0.0405. The molecule has 0 aliphatic carbocycles. The fraction of sp³-hybridized carbons (Fsp3) is 0.909. The van der Waals surface area contributed by atoms with E-state index in [2.05, 4.69) is 13.8 Å². The molecule has 13 heavy (non-hydrogen) atoms. The van der Waals surface area contributed by atoms with E-state index in [4.69, 9.17) is 4.74 Å². The van der Waals surface area contributed by atoms with Crippen molar-refractivity contribution in [3.05, 3.63) is 0 Å². The van der Waals surface area contributed by atoms with Crippen molar-refractivity contribution in [3.63, 3.8) is 0 Å². The first-order valence-electron chi connectivity index (χ1n) is 5.10. The zero-order valence-electron chi connectivity index (χ0n) is 9.46. The Hall–Kier alpha value is -0.530. The Morgan fingerprint density at radius 3 is 2.00 bits per heavy atom. The van der Waals surface area contributed by atoms with Crippen LogP contribution in [-0.2, 0) is 9.53 Å². The van der Waals surface area contributed by atoms with Gasteiger partial charge in [0.1, 0.15) is 0 Å². The molecule has 0 saturated carbocycles. The molecule has 0 spiro atoms. The lowest BCUT2D eigenvalue weighted by Crippen LogP contribution is -2.18. The third-order valence-corrected chi connectivity index (χ3v) is 1.79. The molecule has 0 aliphatic heterocycles. The Morgan fingerprint density at radius 2 is 1.62 bits per heavy atom. The van der Waals surface area contributed by atoms with E-state index in [1.165, 1.54) is 0 Å². The van der Waals surface area contributed by atoms with Crippen LogP contribution in [0.15, 0.2) is 0 Å². The van der Waals surface area contributed by atoms with E-state index in [-0.39, 0.29) is 11.9 Å². The Bertz CT molecular complexity index is 150. The molecule has 0 saturated heterocycles. The highest BCUT2D eigenvalue weighted by Crippen LogP contribution is 2.12. The molecule has 0 aromatic heterocycles. The monoisotopic (exact) mass is 186 g/mol. The van der Waals surface area contributed by atoms with Crippen molar-refractivity contribution in [2.45, 2.75) is 41.0 Å². The predicted molar refractivity (Wildman–Crippen MR) is 54.4 cm³/mol. The summed E-state index contributed by atoms with van der Waals surface area (Å²) in [7, 11) is 0. The van der Waals surface area contributed by atoms with Gasteiger partial charge < -0.3 is 4.74 Å². The summed E-state index contributed by atoms with van der Waals surface area (Å²) >= 11 is 0. The molecule has 0 rings (SSSR count). The molecular formula is C11H22O2. The summed E-state index contributed by atoms with van der Waals surface area (Å²) in [6, 6.07) is 0. The van der Waals surface area contributed by atoms with Crippen LogP contribution in [-0.4, -0.2) is 12.6 Å². The van der Waals surface area contributed by atoms with Gasteiger partial charge >= 0.3 is 5.97 Å². The van der Waals surface area contributed by atoms with Gasteiger partial charge in [-0.3, -0.25) is 4.79 Å². The quantitative estimate of drug-likeness (QED) is 0.617. The third-order valence-electron chi connectivity index (χ3n) is 1.79. The van der Waals surface area contributed by atoms with E-state index < -0.39 is 0 Å². The first kappa shape index (κ1) is 12.5. The molecule has 1 atom stereocenters. The molecule has 0 fully saturated rings. The van der Waals surface area contributed by atoms with Gasteiger partial charge in [-0.15, -0.1) is 0 Å². The smallest absolute Gasteiger partial charge is 0.308 e. The summed E-state index contributed by atoms with van der Waals surface area (Å²) in [6.45, 7) is 10.8. The van der Waals surface area contributed by atoms with Crippen LogP contribution in [0.3, 0.4) is 0 Å². The Labute approximate surface area is 81.7 Å². The van der Waals surface area contributed by atoms with Crippen molar-refractivity contribution >= 4 is 5.97 Å². The summed E-state index contributed by atoms with van der Waals surface area (Å²) in [6.07, 6.45) is 0.914. The minimum atomic E-state index is -0.0533. The van der Waals surface area contributed by atoms with Gasteiger partial charge in [0.2, 0.25) is 0 Å². The molecule has 0 bridgehead atoms. The zero-order chi connectivity index (χ0) is 10.4. The van der Waals surface area contributed by atoms with E-state index in [1.807, 2.05) is 20.8 Å². The Morgan fingerprint density at radius 1 is 1.08 bits per heavy atom. The van der Waals surface area contributed by atoms with Gasteiger partial charge in [-0.2, -0.15) is 0 Å². The second-order valence-electron chi connectivity index (χ2n) is 4.55. The fourth-order valence-corrected chi connectivity index (χ4v) is 1.19. The maximum Gasteiger partial charge on any atom is 0.308 e. The molecule has 0 aliphatic rings. The van der Waals surface area contributed by atoms with Gasteiger partial charge in [0.05, 0.1) is 12.5 Å². The first-order chi connectivity index (χ1) is 5.93. The summed E-state index contributed by atoms with van der Waals surface area (Å²) in [5, 5.41) is 0. The van der Waals surface area contributed by atoms with Gasteiger partial charge in [-0.05, 0) is 18.3 Å². The number of hydrogen-bond acceptors (Lipinski definition) is 2. The molecule has 0 radical (unpaired) electrons. The van der Waals surface area contributed by atoms with Crippen molar-refractivity contribution in [3.8, 4) is 0 Å². The van der Waals surface area contributed by atoms with Gasteiger partial charge in [0, 0.05) is 0 Å². The molecule has 1 unspecified atom stereocenters. The SMILES string of the molecule is CC(C)COC(=O)C(C)CC(C)C. The average molecular weight is 186 g/mol. The van der Waals surface area contributed by atoms with E-state index in [9.17, 15) is 4.79 Å². The van der Waals surface area contributed by atoms with Crippen LogP contribution in [0.2, 0.25) is 0 Å². The highest BCUT2D eigenvalue weighted by atomic mass is 16.5. The largest absolute Gasteiger partial charge is 0.465 e. The van der Waals surface area contributed by atoms with Crippen LogP contribution >= 0.6 is 0 Å².